The van der Waals surface area contributed by atoms with Crippen molar-refractivity contribution in [3.8, 4) is 17.2 Å². The number of para-hydroxylation sites is 1. The molecular formula is C41H46N4O7. The Balaban J connectivity index is 1.33. The van der Waals surface area contributed by atoms with E-state index in [-0.39, 0.29) is 54.5 Å². The highest BCUT2D eigenvalue weighted by molar-refractivity contribution is 6.04. The molecule has 0 saturated carbocycles. The summed E-state index contributed by atoms with van der Waals surface area (Å²) >= 11 is 0. The molecule has 1 spiro atoms. The van der Waals surface area contributed by atoms with Gasteiger partial charge in [0.1, 0.15) is 12.4 Å². The highest BCUT2D eigenvalue weighted by Crippen LogP contribution is 2.68. The second-order valence-electron chi connectivity index (χ2n) is 15.6. The number of carboxylic acids is 1. The van der Waals surface area contributed by atoms with Gasteiger partial charge >= 0.3 is 5.97 Å². The summed E-state index contributed by atoms with van der Waals surface area (Å²) in [6.07, 6.45) is 9.70. The molecule has 1 unspecified atom stereocenters. The third-order valence-corrected chi connectivity index (χ3v) is 13.3. The van der Waals surface area contributed by atoms with Gasteiger partial charge in [-0.25, -0.2) is 0 Å². The fourth-order valence-electron chi connectivity index (χ4n) is 11.7. The van der Waals surface area contributed by atoms with E-state index in [0.29, 0.717) is 48.7 Å². The van der Waals surface area contributed by atoms with Crippen LogP contribution < -0.4 is 19.3 Å². The molecule has 11 nitrogen and oxygen atoms in total. The Hall–Kier alpha value is -4.77. The molecule has 2 aromatic carbocycles. The molecule has 7 aliphatic rings. The third kappa shape index (κ3) is 4.14. The second-order valence-corrected chi connectivity index (χ2v) is 15.6. The first-order chi connectivity index (χ1) is 25.1. The Labute approximate surface area is 303 Å². The lowest BCUT2D eigenvalue weighted by Gasteiger charge is -2.55. The summed E-state index contributed by atoms with van der Waals surface area (Å²) in [4.78, 5) is 48.8. The van der Waals surface area contributed by atoms with Gasteiger partial charge in [-0.05, 0) is 62.0 Å². The number of carbonyl (C=O) groups is 3. The average molecular weight is 707 g/mol. The number of fused-ring (bicyclic) bond motifs is 4. The Morgan fingerprint density at radius 1 is 1.12 bits per heavy atom. The number of ether oxygens (including phenoxy) is 2. The predicted octanol–water partition coefficient (Wildman–Crippen LogP) is 5.39. The van der Waals surface area contributed by atoms with Gasteiger partial charge in [0.05, 0.1) is 36.6 Å². The number of phenolic OH excluding ortho intramolecular Hbond substituents is 1. The number of piperidine rings is 1. The molecule has 9 rings (SSSR count). The number of carboxylic acid groups (broad SMARTS) is 1. The van der Waals surface area contributed by atoms with Crippen molar-refractivity contribution in [2.24, 2.45) is 5.41 Å². The van der Waals surface area contributed by atoms with E-state index in [1.54, 1.807) is 24.2 Å². The van der Waals surface area contributed by atoms with Crippen LogP contribution in [-0.2, 0) is 19.8 Å². The first kappa shape index (κ1) is 33.1. The number of allylic oxidation sites excluding steroid dienone is 2. The van der Waals surface area contributed by atoms with Crippen LogP contribution in [0.5, 0.6) is 17.2 Å². The van der Waals surface area contributed by atoms with E-state index in [1.165, 1.54) is 0 Å². The zero-order valence-corrected chi connectivity index (χ0v) is 30.1. The van der Waals surface area contributed by atoms with Crippen molar-refractivity contribution >= 4 is 29.2 Å². The number of methoxy groups -OCH3 is 1. The maximum Gasteiger partial charge on any atom is 0.304 e. The molecule has 1 aliphatic carbocycles. The van der Waals surface area contributed by atoms with Gasteiger partial charge < -0.3 is 29.5 Å². The van der Waals surface area contributed by atoms with Crippen LogP contribution in [0.25, 0.3) is 0 Å². The minimum absolute atomic E-state index is 0.0251. The molecule has 52 heavy (non-hydrogen) atoms. The van der Waals surface area contributed by atoms with E-state index in [1.807, 2.05) is 24.0 Å². The molecule has 2 amide bonds. The zero-order chi connectivity index (χ0) is 36.3. The van der Waals surface area contributed by atoms with Crippen LogP contribution in [0, 0.1) is 5.41 Å². The number of hydrogen-bond donors (Lipinski definition) is 2. The summed E-state index contributed by atoms with van der Waals surface area (Å²) in [5.41, 5.74) is 4.90. The lowest BCUT2D eigenvalue weighted by Crippen LogP contribution is -2.63. The van der Waals surface area contributed by atoms with Gasteiger partial charge in [-0.1, -0.05) is 43.9 Å². The number of aliphatic carboxylic acids is 1. The molecule has 6 aliphatic heterocycles. The van der Waals surface area contributed by atoms with Crippen LogP contribution in [0.2, 0.25) is 0 Å². The summed E-state index contributed by atoms with van der Waals surface area (Å²) < 4.78 is 13.0. The van der Waals surface area contributed by atoms with E-state index in [9.17, 15) is 24.6 Å². The monoisotopic (exact) mass is 706 g/mol. The molecular weight excluding hydrogens is 660 g/mol. The zero-order valence-electron chi connectivity index (χ0n) is 30.1. The van der Waals surface area contributed by atoms with Gasteiger partial charge in [0, 0.05) is 66.4 Å². The van der Waals surface area contributed by atoms with Gasteiger partial charge in [-0.2, -0.15) is 0 Å². The van der Waals surface area contributed by atoms with Gasteiger partial charge in [-0.15, -0.1) is 0 Å². The van der Waals surface area contributed by atoms with E-state index < -0.39 is 16.8 Å². The molecule has 2 aromatic rings. The number of likely N-dealkylation sites (N-methyl/N-ethyl adjacent to an activating group) is 1. The lowest BCUT2D eigenvalue weighted by atomic mass is 9.54. The minimum Gasteiger partial charge on any atom is -0.506 e. The number of aromatic hydroxyl groups is 1. The van der Waals surface area contributed by atoms with E-state index >= 15 is 0 Å². The van der Waals surface area contributed by atoms with Crippen molar-refractivity contribution in [1.82, 2.24) is 9.80 Å². The molecule has 2 fully saturated rings. The Kier molecular flexibility index (Phi) is 7.39. The molecule has 0 bridgehead atoms. The smallest absolute Gasteiger partial charge is 0.304 e. The normalized spacial score (nSPS) is 30.8. The van der Waals surface area contributed by atoms with Crippen LogP contribution in [0.4, 0.5) is 11.4 Å². The second kappa shape index (κ2) is 11.6. The molecule has 0 radical (unpaired) electrons. The molecule has 6 atom stereocenters. The van der Waals surface area contributed by atoms with Crippen LogP contribution >= 0.6 is 0 Å². The van der Waals surface area contributed by atoms with Crippen LogP contribution in [0.15, 0.2) is 60.5 Å². The number of benzene rings is 2. The average Bonchev–Trinajstić information content (AvgIpc) is 3.79. The summed E-state index contributed by atoms with van der Waals surface area (Å²) in [6.45, 7) is 8.33. The molecule has 0 aromatic heterocycles. The van der Waals surface area contributed by atoms with Gasteiger partial charge in [0.15, 0.2) is 11.5 Å². The van der Waals surface area contributed by atoms with Crippen LogP contribution in [-0.4, -0.2) is 90.3 Å². The van der Waals surface area contributed by atoms with Crippen molar-refractivity contribution in [2.75, 3.05) is 50.2 Å². The molecule has 6 heterocycles. The van der Waals surface area contributed by atoms with Crippen molar-refractivity contribution in [2.45, 2.75) is 81.2 Å². The van der Waals surface area contributed by atoms with Crippen LogP contribution in [0.1, 0.15) is 80.4 Å². The number of phenols is 1. The van der Waals surface area contributed by atoms with E-state index in [4.69, 9.17) is 9.47 Å². The summed E-state index contributed by atoms with van der Waals surface area (Å²) in [5.74, 6) is -0.255. The number of carbonyl (C=O) groups excluding carboxylic acids is 2. The Morgan fingerprint density at radius 3 is 2.69 bits per heavy atom. The van der Waals surface area contributed by atoms with Gasteiger partial charge in [0.2, 0.25) is 11.8 Å². The summed E-state index contributed by atoms with van der Waals surface area (Å²) in [6, 6.07) is 7.31. The Bertz CT molecular complexity index is 2010. The Morgan fingerprint density at radius 2 is 1.94 bits per heavy atom. The lowest BCUT2D eigenvalue weighted by molar-refractivity contribution is -0.141. The minimum atomic E-state index is -0.817. The maximum atomic E-state index is 14.2. The summed E-state index contributed by atoms with van der Waals surface area (Å²) in [5, 5.41) is 21.5. The molecule has 2 saturated heterocycles. The standard InChI is InChI=1S/C41H46N4O7/c1-5-19-52-37-24(25-22-42(3)27-11-12-31(48)45-34-23(33(25)36(27)45)9-7-10-28(34)46)20-26-35(38(37)51-4)44(30(47)6-2)29-13-15-40(21-32(49)50)14-8-17-43-18-16-41(26,29)39(40)43/h5,7,9-10,13,15,20,25,29,33,39,46H,1,6,8,11-12,14,16-19,21-22H2,2-4H3,(H,49,50)/t25-,29+,33?,39+,40+,41+/m0/s1. The first-order valence-electron chi connectivity index (χ1n) is 18.7. The fourth-order valence-corrected chi connectivity index (χ4v) is 11.7. The highest BCUT2D eigenvalue weighted by atomic mass is 16.5. The topological polar surface area (TPSA) is 123 Å². The third-order valence-electron chi connectivity index (χ3n) is 13.3. The quantitative estimate of drug-likeness (QED) is 0.348. The van der Waals surface area contributed by atoms with Gasteiger partial charge in [0.25, 0.3) is 0 Å². The predicted molar refractivity (Wildman–Crippen MR) is 195 cm³/mol. The van der Waals surface area contributed by atoms with Crippen molar-refractivity contribution in [1.29, 1.82) is 0 Å². The number of rotatable bonds is 8. The van der Waals surface area contributed by atoms with Crippen molar-refractivity contribution < 1.29 is 34.1 Å². The number of anilines is 2. The maximum absolute atomic E-state index is 14.2. The van der Waals surface area contributed by atoms with Crippen molar-refractivity contribution in [3.63, 3.8) is 0 Å². The van der Waals surface area contributed by atoms with Gasteiger partial charge in [-0.3, -0.25) is 24.2 Å². The highest BCUT2D eigenvalue weighted by Gasteiger charge is 2.68. The van der Waals surface area contributed by atoms with E-state index in [0.717, 1.165) is 60.4 Å². The first-order valence-corrected chi connectivity index (χ1v) is 18.7. The van der Waals surface area contributed by atoms with E-state index in [2.05, 4.69) is 41.6 Å². The largest absolute Gasteiger partial charge is 0.506 e. The van der Waals surface area contributed by atoms with Crippen molar-refractivity contribution in [3.05, 3.63) is 77.2 Å². The molecule has 11 heteroatoms. The number of hydrogen-bond acceptors (Lipinski definition) is 8. The van der Waals surface area contributed by atoms with Crippen LogP contribution in [0.3, 0.4) is 0 Å². The molecule has 2 N–H and O–H groups in total. The number of nitrogens with zero attached hydrogens (tertiary/aromatic N) is 4. The SMILES string of the molecule is C=CCOc1c([C@@H]2CN(C)C3=C4C2c2cccc(O)c2N4C(=O)CC3)cc2c(c1OC)N(C(=O)CC)[C@@H]1C=C[C@@]3(CC(=O)O)CCCN4CC[C@@]21[C@H]43. The summed E-state index contributed by atoms with van der Waals surface area (Å²) in [7, 11) is 3.69. The number of amides is 2. The fraction of sp³-hybridized carbons (Fsp3) is 0.488. The molecule has 272 valence electrons.